The Kier molecular flexibility index (Phi) is 1.21. The van der Waals surface area contributed by atoms with Gasteiger partial charge in [-0.2, -0.15) is 5.26 Å². The van der Waals surface area contributed by atoms with E-state index < -0.39 is 0 Å². The lowest BCUT2D eigenvalue weighted by Gasteiger charge is -2.05. The van der Waals surface area contributed by atoms with Crippen LogP contribution in [0.1, 0.15) is 0 Å². The summed E-state index contributed by atoms with van der Waals surface area (Å²) in [6, 6.07) is 2.33. The van der Waals surface area contributed by atoms with Gasteiger partial charge in [0.25, 0.3) is 0 Å². The molecule has 0 spiro atoms. The second kappa shape index (κ2) is 1.83. The quantitative estimate of drug-likeness (QED) is 0.462. The number of fused-ring (bicyclic) bond motifs is 1. The Morgan fingerprint density at radius 2 is 2.00 bits per heavy atom. The average Bonchev–Trinajstić information content (AvgIpc) is 2.30. The maximum atomic E-state index is 8.53. The van der Waals surface area contributed by atoms with Gasteiger partial charge >= 0.3 is 0 Å². The Balaban J connectivity index is 2.00. The summed E-state index contributed by atoms with van der Waals surface area (Å²) in [4.78, 5) is 0. The Morgan fingerprint density at radius 3 is 2.44 bits per heavy atom. The minimum atomic E-state index is 0.413. The summed E-state index contributed by atoms with van der Waals surface area (Å²) in [5.41, 5.74) is 0. The lowest BCUT2D eigenvalue weighted by molar-refractivity contribution is 0.528. The number of nitrogens with zero attached hydrogens (tertiary/aromatic N) is 2. The molecule has 9 heavy (non-hydrogen) atoms. The van der Waals surface area contributed by atoms with E-state index in [-0.39, 0.29) is 0 Å². The van der Waals surface area contributed by atoms with Gasteiger partial charge in [0.15, 0.2) is 0 Å². The summed E-state index contributed by atoms with van der Waals surface area (Å²) >= 11 is 2.33. The van der Waals surface area contributed by atoms with Gasteiger partial charge in [-0.1, -0.05) is 0 Å². The molecule has 0 amide bonds. The summed E-state index contributed by atoms with van der Waals surface area (Å²) in [5.74, 6) is 1.87. The number of hydrogen-bond acceptors (Lipinski definition) is 2. The maximum absolute atomic E-state index is 8.53. The van der Waals surface area contributed by atoms with Crippen LogP contribution in [0.5, 0.6) is 0 Å². The summed E-state index contributed by atoms with van der Waals surface area (Å²) < 4.78 is 2.28. The summed E-state index contributed by atoms with van der Waals surface area (Å²) in [6.45, 7) is 2.28. The molecule has 2 fully saturated rings. The van der Waals surface area contributed by atoms with E-state index in [1.807, 2.05) is 0 Å². The fraction of sp³-hybridized carbons (Fsp3) is 0.833. The molecule has 0 radical (unpaired) electrons. The predicted molar refractivity (Wildman–Crippen MR) is 41.7 cm³/mol. The third-order valence-electron chi connectivity index (χ3n) is 2.30. The third kappa shape index (κ3) is 0.767. The highest BCUT2D eigenvalue weighted by molar-refractivity contribution is 14.1. The van der Waals surface area contributed by atoms with Gasteiger partial charge in [-0.3, -0.25) is 0 Å². The first-order valence-corrected chi connectivity index (χ1v) is 4.10. The van der Waals surface area contributed by atoms with E-state index in [9.17, 15) is 0 Å². The smallest absolute Gasteiger partial charge is 0.0662 e. The van der Waals surface area contributed by atoms with Crippen molar-refractivity contribution in [2.75, 3.05) is 13.1 Å². The molecule has 2 nitrogen and oxygen atoms in total. The topological polar surface area (TPSA) is 27.0 Å². The molecule has 0 aromatic heterocycles. The van der Waals surface area contributed by atoms with E-state index in [1.54, 1.807) is 0 Å². The van der Waals surface area contributed by atoms with Crippen molar-refractivity contribution < 1.29 is 0 Å². The zero-order valence-corrected chi connectivity index (χ0v) is 7.08. The van der Waals surface area contributed by atoms with Crippen LogP contribution in [-0.2, 0) is 0 Å². The molecule has 3 atom stereocenters. The molecular formula is C6H7IN2. The van der Waals surface area contributed by atoms with Crippen molar-refractivity contribution in [2.45, 2.75) is 0 Å². The fourth-order valence-corrected chi connectivity index (χ4v) is 2.58. The largest absolute Gasteiger partial charge is 0.247 e. The number of hydrogen-bond donors (Lipinski definition) is 0. The van der Waals surface area contributed by atoms with Gasteiger partial charge in [-0.25, -0.2) is 3.11 Å². The molecule has 3 heteroatoms. The molecule has 1 saturated carbocycles. The first-order chi connectivity index (χ1) is 4.33. The average molecular weight is 234 g/mol. The molecule has 1 unspecified atom stereocenters. The number of rotatable bonds is 0. The second-order valence-corrected chi connectivity index (χ2v) is 4.17. The van der Waals surface area contributed by atoms with Crippen molar-refractivity contribution in [3.05, 3.63) is 0 Å². The van der Waals surface area contributed by atoms with Gasteiger partial charge in [-0.15, -0.1) is 0 Å². The van der Waals surface area contributed by atoms with Crippen LogP contribution in [0.15, 0.2) is 0 Å². The molecule has 2 rings (SSSR count). The van der Waals surface area contributed by atoms with Crippen molar-refractivity contribution in [3.8, 4) is 6.07 Å². The van der Waals surface area contributed by atoms with E-state index in [4.69, 9.17) is 5.26 Å². The molecule has 0 bridgehead atoms. The Labute approximate surface area is 68.3 Å². The lowest BCUT2D eigenvalue weighted by Crippen LogP contribution is -2.11. The molecule has 1 aliphatic carbocycles. The zero-order valence-electron chi connectivity index (χ0n) is 4.92. The van der Waals surface area contributed by atoms with Crippen molar-refractivity contribution in [1.29, 1.82) is 5.26 Å². The number of nitriles is 1. The number of halogens is 1. The van der Waals surface area contributed by atoms with Crippen LogP contribution >= 0.6 is 22.9 Å². The molecule has 0 aromatic carbocycles. The number of piperidine rings is 1. The van der Waals surface area contributed by atoms with Crippen molar-refractivity contribution in [1.82, 2.24) is 3.11 Å². The van der Waals surface area contributed by atoms with Gasteiger partial charge in [-0.05, 0) is 11.8 Å². The van der Waals surface area contributed by atoms with Crippen molar-refractivity contribution in [2.24, 2.45) is 17.8 Å². The van der Waals surface area contributed by atoms with Gasteiger partial charge in [0.2, 0.25) is 0 Å². The highest BCUT2D eigenvalue weighted by Crippen LogP contribution is 2.51. The van der Waals surface area contributed by atoms with Crippen LogP contribution < -0.4 is 0 Å². The fourth-order valence-electron chi connectivity index (χ4n) is 1.67. The normalized spacial score (nSPS) is 48.2. The van der Waals surface area contributed by atoms with E-state index in [1.165, 1.54) is 0 Å². The van der Waals surface area contributed by atoms with E-state index in [0.29, 0.717) is 5.92 Å². The maximum Gasteiger partial charge on any atom is 0.0662 e. The Hall–Kier alpha value is 0.180. The SMILES string of the molecule is N#CC1[C@H]2CN(I)C[C@@H]12. The van der Waals surface area contributed by atoms with Gasteiger partial charge in [0.05, 0.1) is 12.0 Å². The molecule has 0 aromatic rings. The second-order valence-electron chi connectivity index (χ2n) is 2.81. The summed E-state index contributed by atoms with van der Waals surface area (Å²) in [6.07, 6.45) is 0. The first-order valence-electron chi connectivity index (χ1n) is 3.13. The standard InChI is InChI=1S/C6H7IN2/c7-9-2-5-4(1-8)6(5)3-9/h4-6H,2-3H2/t4?,5-,6+. The van der Waals surface area contributed by atoms with E-state index in [0.717, 1.165) is 24.9 Å². The van der Waals surface area contributed by atoms with Crippen LogP contribution in [0.2, 0.25) is 0 Å². The van der Waals surface area contributed by atoms with E-state index in [2.05, 4.69) is 32.0 Å². The predicted octanol–water partition coefficient (Wildman–Crippen LogP) is 1.04. The van der Waals surface area contributed by atoms with Crippen LogP contribution in [0.25, 0.3) is 0 Å². The summed E-state index contributed by atoms with van der Waals surface area (Å²) in [7, 11) is 0. The van der Waals surface area contributed by atoms with Crippen molar-refractivity contribution >= 4 is 22.9 Å². The lowest BCUT2D eigenvalue weighted by atomic mass is 10.3. The highest BCUT2D eigenvalue weighted by Gasteiger charge is 2.55. The van der Waals surface area contributed by atoms with Crippen LogP contribution in [0.4, 0.5) is 0 Å². The first kappa shape index (κ1) is 5.93. The minimum Gasteiger partial charge on any atom is -0.247 e. The molecule has 1 aliphatic heterocycles. The zero-order chi connectivity index (χ0) is 6.43. The van der Waals surface area contributed by atoms with Crippen LogP contribution in [0.3, 0.4) is 0 Å². The Morgan fingerprint density at radius 1 is 1.44 bits per heavy atom. The van der Waals surface area contributed by atoms with E-state index >= 15 is 0 Å². The summed E-state index contributed by atoms with van der Waals surface area (Å²) in [5, 5.41) is 8.53. The molecule has 48 valence electrons. The minimum absolute atomic E-state index is 0.413. The molecule has 1 heterocycles. The highest BCUT2D eigenvalue weighted by atomic mass is 127. The molecular weight excluding hydrogens is 227 g/mol. The molecule has 0 N–H and O–H groups in total. The Bertz CT molecular complexity index is 162. The molecule has 2 aliphatic rings. The molecule has 1 saturated heterocycles. The van der Waals surface area contributed by atoms with Crippen molar-refractivity contribution in [3.63, 3.8) is 0 Å². The van der Waals surface area contributed by atoms with Crippen LogP contribution in [-0.4, -0.2) is 16.2 Å². The van der Waals surface area contributed by atoms with Crippen LogP contribution in [0, 0.1) is 29.1 Å². The van der Waals surface area contributed by atoms with Gasteiger partial charge in [0.1, 0.15) is 0 Å². The van der Waals surface area contributed by atoms with Gasteiger partial charge < -0.3 is 0 Å². The third-order valence-corrected chi connectivity index (χ3v) is 3.09. The van der Waals surface area contributed by atoms with Gasteiger partial charge in [0, 0.05) is 36.0 Å². The monoisotopic (exact) mass is 234 g/mol.